The fourth-order valence-electron chi connectivity index (χ4n) is 3.30. The number of hydrogen-bond acceptors (Lipinski definition) is 3. The molecular weight excluding hydrogens is 250 g/mol. The van der Waals surface area contributed by atoms with Crippen molar-refractivity contribution < 1.29 is 0 Å². The highest BCUT2D eigenvalue weighted by Gasteiger charge is 2.25. The molecule has 1 aromatic heterocycles. The van der Waals surface area contributed by atoms with Crippen LogP contribution in [-0.4, -0.2) is 15.6 Å². The zero-order valence-electron chi connectivity index (χ0n) is 13.3. The van der Waals surface area contributed by atoms with Gasteiger partial charge in [0.2, 0.25) is 0 Å². The van der Waals surface area contributed by atoms with Gasteiger partial charge in [0.25, 0.3) is 5.56 Å². The van der Waals surface area contributed by atoms with Crippen molar-refractivity contribution in [1.29, 1.82) is 0 Å². The summed E-state index contributed by atoms with van der Waals surface area (Å²) in [6.07, 6.45) is 7.00. The molecule has 0 amide bonds. The Kier molecular flexibility index (Phi) is 4.21. The van der Waals surface area contributed by atoms with Crippen LogP contribution < -0.4 is 10.9 Å². The third kappa shape index (κ3) is 3.41. The normalized spacial score (nSPS) is 27.4. The molecule has 1 aromatic rings. The lowest BCUT2D eigenvalue weighted by molar-refractivity contribution is 0.280. The van der Waals surface area contributed by atoms with Gasteiger partial charge in [-0.3, -0.25) is 4.79 Å². The van der Waals surface area contributed by atoms with Crippen molar-refractivity contribution in [3.8, 4) is 0 Å². The van der Waals surface area contributed by atoms with Crippen LogP contribution in [0.4, 0.5) is 5.82 Å². The van der Waals surface area contributed by atoms with Crippen molar-refractivity contribution in [2.75, 3.05) is 5.32 Å². The lowest BCUT2D eigenvalue weighted by Crippen LogP contribution is -2.38. The zero-order chi connectivity index (χ0) is 14.9. The largest absolute Gasteiger partial charge is 0.363 e. The average molecular weight is 277 g/mol. The number of rotatable bonds is 2. The van der Waals surface area contributed by atoms with Gasteiger partial charge >= 0.3 is 0 Å². The van der Waals surface area contributed by atoms with Gasteiger partial charge in [-0.15, -0.1) is 0 Å². The Morgan fingerprint density at radius 1 is 1.20 bits per heavy atom. The summed E-state index contributed by atoms with van der Waals surface area (Å²) in [5.74, 6) is 1.92. The Morgan fingerprint density at radius 2 is 1.80 bits per heavy atom. The predicted molar refractivity (Wildman–Crippen MR) is 83.1 cm³/mol. The van der Waals surface area contributed by atoms with Gasteiger partial charge < -0.3 is 9.88 Å². The second-order valence-electron chi connectivity index (χ2n) is 7.38. The first-order chi connectivity index (χ1) is 9.27. The molecule has 0 aliphatic heterocycles. The fraction of sp³-hybridized carbons (Fsp3) is 0.750. The van der Waals surface area contributed by atoms with Gasteiger partial charge in [0, 0.05) is 24.0 Å². The molecule has 0 saturated heterocycles. The smallest absolute Gasteiger partial charge is 0.293 e. The Bertz CT molecular complexity index is 505. The molecular formula is C16H27N3O. The number of hydrogen-bond donors (Lipinski definition) is 1. The third-order valence-corrected chi connectivity index (χ3v) is 4.08. The quantitative estimate of drug-likeness (QED) is 0.902. The molecule has 0 bridgehead atoms. The van der Waals surface area contributed by atoms with Gasteiger partial charge in [0.1, 0.15) is 0 Å². The van der Waals surface area contributed by atoms with Gasteiger partial charge in [-0.1, -0.05) is 13.8 Å². The van der Waals surface area contributed by atoms with Crippen LogP contribution in [0.15, 0.2) is 17.2 Å². The molecule has 0 radical (unpaired) electrons. The van der Waals surface area contributed by atoms with Gasteiger partial charge in [0.05, 0.1) is 0 Å². The van der Waals surface area contributed by atoms with E-state index in [1.807, 2.05) is 20.8 Å². The van der Waals surface area contributed by atoms with Crippen LogP contribution in [-0.2, 0) is 5.54 Å². The van der Waals surface area contributed by atoms with Gasteiger partial charge in [-0.05, 0) is 51.9 Å². The second kappa shape index (κ2) is 5.58. The molecule has 0 spiro atoms. The van der Waals surface area contributed by atoms with Crippen LogP contribution in [0.3, 0.4) is 0 Å². The molecule has 2 unspecified atom stereocenters. The summed E-state index contributed by atoms with van der Waals surface area (Å²) in [6, 6.07) is 0.366. The number of nitrogens with zero attached hydrogens (tertiary/aromatic N) is 2. The monoisotopic (exact) mass is 277 g/mol. The van der Waals surface area contributed by atoms with Crippen LogP contribution in [0, 0.1) is 11.8 Å². The minimum Gasteiger partial charge on any atom is -0.363 e. The molecule has 1 aliphatic rings. The molecule has 4 heteroatoms. The summed E-state index contributed by atoms with van der Waals surface area (Å²) < 4.78 is 1.75. The van der Waals surface area contributed by atoms with Crippen LogP contribution in [0.5, 0.6) is 0 Å². The molecule has 20 heavy (non-hydrogen) atoms. The zero-order valence-corrected chi connectivity index (χ0v) is 13.3. The van der Waals surface area contributed by atoms with E-state index in [1.54, 1.807) is 17.0 Å². The number of nitrogens with one attached hydrogen (secondary N) is 1. The summed E-state index contributed by atoms with van der Waals surface area (Å²) in [5.41, 5.74) is -0.241. The molecule has 1 saturated carbocycles. The van der Waals surface area contributed by atoms with E-state index in [4.69, 9.17) is 0 Å². The van der Waals surface area contributed by atoms with Crippen LogP contribution in [0.1, 0.15) is 53.9 Å². The van der Waals surface area contributed by atoms with E-state index in [1.165, 1.54) is 6.42 Å². The van der Waals surface area contributed by atoms with E-state index in [0.717, 1.165) is 12.8 Å². The molecule has 1 fully saturated rings. The minimum atomic E-state index is -0.219. The van der Waals surface area contributed by atoms with Crippen molar-refractivity contribution in [1.82, 2.24) is 9.55 Å². The van der Waals surface area contributed by atoms with Crippen molar-refractivity contribution in [3.05, 3.63) is 22.7 Å². The SMILES string of the molecule is CC1CC(C)CC(Nc2nccn(C(C)(C)C)c2=O)C1. The van der Waals surface area contributed by atoms with Crippen LogP contribution >= 0.6 is 0 Å². The van der Waals surface area contributed by atoms with E-state index < -0.39 is 0 Å². The molecule has 2 atom stereocenters. The number of aromatic nitrogens is 2. The fourth-order valence-corrected chi connectivity index (χ4v) is 3.30. The lowest BCUT2D eigenvalue weighted by Gasteiger charge is -2.32. The first-order valence-electron chi connectivity index (χ1n) is 7.62. The van der Waals surface area contributed by atoms with E-state index >= 15 is 0 Å². The van der Waals surface area contributed by atoms with Crippen LogP contribution in [0.2, 0.25) is 0 Å². The first-order valence-corrected chi connectivity index (χ1v) is 7.62. The molecule has 4 nitrogen and oxygen atoms in total. The molecule has 1 heterocycles. The maximum Gasteiger partial charge on any atom is 0.293 e. The van der Waals surface area contributed by atoms with Crippen molar-refractivity contribution in [3.63, 3.8) is 0 Å². The second-order valence-corrected chi connectivity index (χ2v) is 7.38. The molecule has 2 rings (SSSR count). The molecule has 1 aliphatic carbocycles. The van der Waals surface area contributed by atoms with Crippen molar-refractivity contribution >= 4 is 5.82 Å². The summed E-state index contributed by atoms with van der Waals surface area (Å²) in [7, 11) is 0. The minimum absolute atomic E-state index is 0.0223. The highest BCUT2D eigenvalue weighted by atomic mass is 16.1. The van der Waals surface area contributed by atoms with E-state index in [9.17, 15) is 4.79 Å². The maximum atomic E-state index is 12.5. The first kappa shape index (κ1) is 15.1. The van der Waals surface area contributed by atoms with Gasteiger partial charge in [-0.25, -0.2) is 4.98 Å². The summed E-state index contributed by atoms with van der Waals surface area (Å²) in [6.45, 7) is 10.7. The molecule has 112 valence electrons. The predicted octanol–water partition coefficient (Wildman–Crippen LogP) is 3.23. The highest BCUT2D eigenvalue weighted by molar-refractivity contribution is 5.33. The molecule has 1 N–H and O–H groups in total. The summed E-state index contributed by atoms with van der Waals surface area (Å²) in [4.78, 5) is 16.7. The van der Waals surface area contributed by atoms with Gasteiger partial charge in [-0.2, -0.15) is 0 Å². The third-order valence-electron chi connectivity index (χ3n) is 4.08. The van der Waals surface area contributed by atoms with E-state index in [2.05, 4.69) is 24.1 Å². The van der Waals surface area contributed by atoms with Crippen molar-refractivity contribution in [2.24, 2.45) is 11.8 Å². The lowest BCUT2D eigenvalue weighted by atomic mass is 9.80. The Labute approximate surface area is 121 Å². The van der Waals surface area contributed by atoms with E-state index in [-0.39, 0.29) is 11.1 Å². The summed E-state index contributed by atoms with van der Waals surface area (Å²) in [5, 5.41) is 3.38. The Hall–Kier alpha value is -1.32. The average Bonchev–Trinajstić information content (AvgIpc) is 2.29. The highest BCUT2D eigenvalue weighted by Crippen LogP contribution is 2.29. The van der Waals surface area contributed by atoms with Gasteiger partial charge in [0.15, 0.2) is 5.82 Å². The van der Waals surface area contributed by atoms with Crippen molar-refractivity contribution in [2.45, 2.75) is 65.5 Å². The Morgan fingerprint density at radius 3 is 2.35 bits per heavy atom. The van der Waals surface area contributed by atoms with E-state index in [0.29, 0.717) is 23.7 Å². The standard InChI is InChI=1S/C16H27N3O/c1-11-8-12(2)10-13(9-11)18-14-15(20)19(7-6-17-14)16(3,4)5/h6-7,11-13H,8-10H2,1-5H3,(H,17,18). The topological polar surface area (TPSA) is 46.9 Å². The van der Waals surface area contributed by atoms with Crippen LogP contribution in [0.25, 0.3) is 0 Å². The maximum absolute atomic E-state index is 12.5. The number of anilines is 1. The molecule has 0 aromatic carbocycles. The summed E-state index contributed by atoms with van der Waals surface area (Å²) >= 11 is 0. The Balaban J connectivity index is 2.20.